The molecule has 6 heteroatoms. The summed E-state index contributed by atoms with van der Waals surface area (Å²) in [5, 5.41) is 5.02. The molecule has 0 saturated carbocycles. The Morgan fingerprint density at radius 3 is 2.71 bits per heavy atom. The fourth-order valence-electron chi connectivity index (χ4n) is 2.63. The maximum atomic E-state index is 13.1. The largest absolute Gasteiger partial charge is 0.490 e. The summed E-state index contributed by atoms with van der Waals surface area (Å²) in [5.74, 6) is -1.38. The molecule has 0 spiro atoms. The van der Waals surface area contributed by atoms with Gasteiger partial charge in [0.05, 0.1) is 6.04 Å². The molecule has 2 aromatic rings. The Balaban J connectivity index is 1.68. The lowest BCUT2D eigenvalue weighted by atomic mass is 10.0. The van der Waals surface area contributed by atoms with E-state index in [4.69, 9.17) is 4.74 Å². The fourth-order valence-corrected chi connectivity index (χ4v) is 2.63. The highest BCUT2D eigenvalue weighted by Crippen LogP contribution is 2.36. The van der Waals surface area contributed by atoms with Gasteiger partial charge in [-0.1, -0.05) is 18.2 Å². The Labute approximate surface area is 138 Å². The highest BCUT2D eigenvalue weighted by Gasteiger charge is 2.29. The van der Waals surface area contributed by atoms with Crippen LogP contribution in [0.5, 0.6) is 5.75 Å². The van der Waals surface area contributed by atoms with Gasteiger partial charge in [0.1, 0.15) is 18.2 Å². The van der Waals surface area contributed by atoms with Gasteiger partial charge in [-0.2, -0.15) is 0 Å². The third kappa shape index (κ3) is 3.08. The molecule has 0 unspecified atom stereocenters. The van der Waals surface area contributed by atoms with Crippen LogP contribution in [-0.2, 0) is 9.59 Å². The van der Waals surface area contributed by atoms with Crippen molar-refractivity contribution in [1.29, 1.82) is 0 Å². The number of ether oxygens (including phenoxy) is 1. The lowest BCUT2D eigenvalue weighted by molar-refractivity contribution is -0.136. The lowest BCUT2D eigenvalue weighted by Gasteiger charge is -2.12. The summed E-state index contributed by atoms with van der Waals surface area (Å²) in [7, 11) is 0. The normalized spacial score (nSPS) is 15.4. The number of rotatable bonds is 2. The van der Waals surface area contributed by atoms with Crippen molar-refractivity contribution in [2.45, 2.75) is 19.9 Å². The number of aryl methyl sites for hydroxylation is 1. The van der Waals surface area contributed by atoms with Crippen LogP contribution in [0.3, 0.4) is 0 Å². The summed E-state index contributed by atoms with van der Waals surface area (Å²) >= 11 is 0. The quantitative estimate of drug-likeness (QED) is 0.833. The molecule has 2 N–H and O–H groups in total. The van der Waals surface area contributed by atoms with E-state index < -0.39 is 17.6 Å². The minimum Gasteiger partial charge on any atom is -0.490 e. The first kappa shape index (κ1) is 16.0. The molecule has 2 amide bonds. The molecule has 5 nitrogen and oxygen atoms in total. The molecule has 124 valence electrons. The Hall–Kier alpha value is -2.89. The van der Waals surface area contributed by atoms with Crippen LogP contribution in [0, 0.1) is 19.7 Å². The van der Waals surface area contributed by atoms with Crippen LogP contribution in [0.1, 0.15) is 22.7 Å². The van der Waals surface area contributed by atoms with Crippen molar-refractivity contribution >= 4 is 17.5 Å². The number of amides is 2. The molecule has 0 saturated heterocycles. The van der Waals surface area contributed by atoms with E-state index in [2.05, 4.69) is 10.6 Å². The number of halogens is 1. The van der Waals surface area contributed by atoms with Crippen molar-refractivity contribution in [3.05, 3.63) is 58.9 Å². The van der Waals surface area contributed by atoms with E-state index in [9.17, 15) is 14.0 Å². The van der Waals surface area contributed by atoms with Gasteiger partial charge in [-0.3, -0.25) is 9.59 Å². The van der Waals surface area contributed by atoms with Gasteiger partial charge in [0.15, 0.2) is 0 Å². The average molecular weight is 328 g/mol. The molecule has 1 heterocycles. The number of anilines is 1. The molecule has 0 bridgehead atoms. The summed E-state index contributed by atoms with van der Waals surface area (Å²) in [4.78, 5) is 24.0. The Kier molecular flexibility index (Phi) is 4.20. The summed E-state index contributed by atoms with van der Waals surface area (Å²) in [6, 6.07) is 8.82. The van der Waals surface area contributed by atoms with Crippen LogP contribution in [0.15, 0.2) is 36.4 Å². The molecule has 1 atom stereocenters. The SMILES string of the molecule is Cc1ccc2c(c1C)OC[C@@H]2NC(=O)C(=O)Nc1cccc(F)c1. The zero-order valence-corrected chi connectivity index (χ0v) is 13.4. The number of hydrogen-bond acceptors (Lipinski definition) is 3. The molecular formula is C18H17FN2O3. The Morgan fingerprint density at radius 1 is 1.17 bits per heavy atom. The predicted octanol–water partition coefficient (Wildman–Crippen LogP) is 2.63. The molecule has 2 aromatic carbocycles. The number of carbonyl (C=O) groups is 2. The van der Waals surface area contributed by atoms with Gasteiger partial charge >= 0.3 is 11.8 Å². The standard InChI is InChI=1S/C18H17FN2O3/c1-10-6-7-14-15(9-24-16(14)11(10)2)21-18(23)17(22)20-13-5-3-4-12(19)8-13/h3-8,15H,9H2,1-2H3,(H,20,22)(H,21,23)/t15-/m0/s1. The van der Waals surface area contributed by atoms with Crippen LogP contribution in [0.4, 0.5) is 10.1 Å². The number of fused-ring (bicyclic) bond motifs is 1. The summed E-state index contributed by atoms with van der Waals surface area (Å²) in [5.41, 5.74) is 3.20. The number of benzene rings is 2. The third-order valence-electron chi connectivity index (χ3n) is 4.07. The second-order valence-electron chi connectivity index (χ2n) is 5.73. The smallest absolute Gasteiger partial charge is 0.313 e. The van der Waals surface area contributed by atoms with Gasteiger partial charge in [-0.15, -0.1) is 0 Å². The van der Waals surface area contributed by atoms with Crippen LogP contribution in [0.2, 0.25) is 0 Å². The van der Waals surface area contributed by atoms with Gasteiger partial charge < -0.3 is 15.4 Å². The fraction of sp³-hybridized carbons (Fsp3) is 0.222. The topological polar surface area (TPSA) is 67.4 Å². The second kappa shape index (κ2) is 6.31. The van der Waals surface area contributed by atoms with Crippen molar-refractivity contribution < 1.29 is 18.7 Å². The lowest BCUT2D eigenvalue weighted by Crippen LogP contribution is -2.38. The summed E-state index contributed by atoms with van der Waals surface area (Å²) in [6.45, 7) is 4.21. The van der Waals surface area contributed by atoms with Gasteiger partial charge in [0.25, 0.3) is 0 Å². The van der Waals surface area contributed by atoms with E-state index in [0.29, 0.717) is 0 Å². The van der Waals surface area contributed by atoms with Crippen LogP contribution < -0.4 is 15.4 Å². The first-order valence-corrected chi connectivity index (χ1v) is 7.56. The van der Waals surface area contributed by atoms with E-state index in [0.717, 1.165) is 28.5 Å². The predicted molar refractivity (Wildman–Crippen MR) is 87.3 cm³/mol. The van der Waals surface area contributed by atoms with Crippen molar-refractivity contribution in [1.82, 2.24) is 5.32 Å². The maximum absolute atomic E-state index is 13.1. The van der Waals surface area contributed by atoms with E-state index in [1.807, 2.05) is 26.0 Å². The van der Waals surface area contributed by atoms with Crippen LogP contribution >= 0.6 is 0 Å². The van der Waals surface area contributed by atoms with Gasteiger partial charge in [0, 0.05) is 11.3 Å². The molecule has 1 aliphatic rings. The molecule has 0 aromatic heterocycles. The second-order valence-corrected chi connectivity index (χ2v) is 5.73. The Bertz CT molecular complexity index is 820. The maximum Gasteiger partial charge on any atom is 0.313 e. The van der Waals surface area contributed by atoms with Crippen molar-refractivity contribution in [2.75, 3.05) is 11.9 Å². The molecular weight excluding hydrogens is 311 g/mol. The molecule has 0 radical (unpaired) electrons. The molecule has 24 heavy (non-hydrogen) atoms. The molecule has 3 rings (SSSR count). The Morgan fingerprint density at radius 2 is 1.96 bits per heavy atom. The van der Waals surface area contributed by atoms with E-state index in [1.165, 1.54) is 18.2 Å². The van der Waals surface area contributed by atoms with Gasteiger partial charge in [-0.05, 0) is 43.2 Å². The number of carbonyl (C=O) groups excluding carboxylic acids is 2. The first-order chi connectivity index (χ1) is 11.5. The van der Waals surface area contributed by atoms with Crippen LogP contribution in [0.25, 0.3) is 0 Å². The zero-order valence-electron chi connectivity index (χ0n) is 13.4. The average Bonchev–Trinajstić information content (AvgIpc) is 2.94. The van der Waals surface area contributed by atoms with Gasteiger partial charge in [-0.25, -0.2) is 4.39 Å². The van der Waals surface area contributed by atoms with E-state index in [1.54, 1.807) is 0 Å². The number of hydrogen-bond donors (Lipinski definition) is 2. The van der Waals surface area contributed by atoms with Gasteiger partial charge in [0.2, 0.25) is 0 Å². The monoisotopic (exact) mass is 328 g/mol. The first-order valence-electron chi connectivity index (χ1n) is 7.56. The molecule has 1 aliphatic heterocycles. The minimum atomic E-state index is -0.849. The number of nitrogens with one attached hydrogen (secondary N) is 2. The van der Waals surface area contributed by atoms with E-state index >= 15 is 0 Å². The van der Waals surface area contributed by atoms with Crippen LogP contribution in [-0.4, -0.2) is 18.4 Å². The highest BCUT2D eigenvalue weighted by molar-refractivity contribution is 6.39. The zero-order chi connectivity index (χ0) is 17.3. The van der Waals surface area contributed by atoms with Crippen molar-refractivity contribution in [2.24, 2.45) is 0 Å². The summed E-state index contributed by atoms with van der Waals surface area (Å²) in [6.07, 6.45) is 0. The van der Waals surface area contributed by atoms with E-state index in [-0.39, 0.29) is 18.3 Å². The van der Waals surface area contributed by atoms with Crippen molar-refractivity contribution in [3.63, 3.8) is 0 Å². The minimum absolute atomic E-state index is 0.227. The summed E-state index contributed by atoms with van der Waals surface area (Å²) < 4.78 is 18.8. The van der Waals surface area contributed by atoms with Crippen molar-refractivity contribution in [3.8, 4) is 5.75 Å². The highest BCUT2D eigenvalue weighted by atomic mass is 19.1. The molecule has 0 fully saturated rings. The third-order valence-corrected chi connectivity index (χ3v) is 4.07. The molecule has 0 aliphatic carbocycles.